The van der Waals surface area contributed by atoms with E-state index >= 15 is 0 Å². The third-order valence-electron chi connectivity index (χ3n) is 7.46. The molecule has 3 amide bonds. The second-order valence-corrected chi connectivity index (χ2v) is 9.30. The van der Waals surface area contributed by atoms with Crippen LogP contribution in [0.4, 0.5) is 5.69 Å². The van der Waals surface area contributed by atoms with Gasteiger partial charge >= 0.3 is 0 Å². The molecular weight excluding hydrogens is 378 g/mol. The lowest BCUT2D eigenvalue weighted by molar-refractivity contribution is -0.141. The highest BCUT2D eigenvalue weighted by molar-refractivity contribution is 6.06. The third kappa shape index (κ3) is 3.04. The van der Waals surface area contributed by atoms with Crippen LogP contribution in [0.15, 0.2) is 36.4 Å². The molecule has 1 aromatic rings. The Hall–Kier alpha value is -2.63. The van der Waals surface area contributed by atoms with E-state index in [4.69, 9.17) is 0 Å². The van der Waals surface area contributed by atoms with Gasteiger partial charge < -0.3 is 9.80 Å². The number of benzene rings is 1. The van der Waals surface area contributed by atoms with E-state index in [0.29, 0.717) is 13.1 Å². The van der Waals surface area contributed by atoms with Gasteiger partial charge in [0.15, 0.2) is 0 Å². The van der Waals surface area contributed by atoms with Crippen LogP contribution in [0, 0.1) is 30.6 Å². The molecule has 2 saturated heterocycles. The van der Waals surface area contributed by atoms with Crippen molar-refractivity contribution in [2.75, 3.05) is 31.1 Å². The number of piperazine rings is 1. The highest BCUT2D eigenvalue weighted by atomic mass is 16.2. The second-order valence-electron chi connectivity index (χ2n) is 9.30. The van der Waals surface area contributed by atoms with Gasteiger partial charge in [-0.05, 0) is 44.2 Å². The van der Waals surface area contributed by atoms with Gasteiger partial charge in [-0.25, -0.2) is 0 Å². The fourth-order valence-corrected chi connectivity index (χ4v) is 5.85. The summed E-state index contributed by atoms with van der Waals surface area (Å²) in [5, 5.41) is 0. The smallest absolute Gasteiger partial charge is 0.233 e. The molecule has 3 fully saturated rings. The molecule has 2 aliphatic heterocycles. The molecule has 6 heteroatoms. The maximum absolute atomic E-state index is 12.8. The summed E-state index contributed by atoms with van der Waals surface area (Å²) < 4.78 is 0. The fraction of sp³-hybridized carbons (Fsp3) is 0.542. The first kappa shape index (κ1) is 19.3. The van der Waals surface area contributed by atoms with Gasteiger partial charge in [-0.2, -0.15) is 0 Å². The summed E-state index contributed by atoms with van der Waals surface area (Å²) in [6, 6.07) is 8.71. The lowest BCUT2D eigenvalue weighted by Crippen LogP contribution is -2.54. The van der Waals surface area contributed by atoms with Crippen LogP contribution in [0.2, 0.25) is 0 Å². The molecule has 5 rings (SSSR count). The monoisotopic (exact) mass is 407 g/mol. The maximum Gasteiger partial charge on any atom is 0.233 e. The minimum Gasteiger partial charge on any atom is -0.365 e. The Kier molecular flexibility index (Phi) is 4.68. The standard InChI is InChI=1S/C24H29N3O3/c1-15-3-7-19(8-4-15)26-12-11-25(14-16(26)2)20(28)9-10-27-23(29)21-17-5-6-18(13-17)22(21)24(27)30/h3-8,16-18,21-22H,9-14H2,1-2H3/t16-,17-,18-,21-,22+/m0/s1. The van der Waals surface area contributed by atoms with E-state index in [0.717, 1.165) is 13.0 Å². The summed E-state index contributed by atoms with van der Waals surface area (Å²) >= 11 is 0. The van der Waals surface area contributed by atoms with Crippen LogP contribution in [0.5, 0.6) is 0 Å². The summed E-state index contributed by atoms with van der Waals surface area (Å²) in [6.07, 6.45) is 5.35. The summed E-state index contributed by atoms with van der Waals surface area (Å²) in [5.74, 6) is -0.0226. The first-order valence-corrected chi connectivity index (χ1v) is 11.1. The van der Waals surface area contributed by atoms with E-state index in [1.807, 2.05) is 4.90 Å². The van der Waals surface area contributed by atoms with Gasteiger partial charge in [0.25, 0.3) is 0 Å². The molecule has 6 nitrogen and oxygen atoms in total. The molecule has 2 bridgehead atoms. The Morgan fingerprint density at radius 2 is 1.63 bits per heavy atom. The fourth-order valence-electron chi connectivity index (χ4n) is 5.85. The number of rotatable bonds is 4. The van der Waals surface area contributed by atoms with Crippen LogP contribution in [0.1, 0.15) is 25.3 Å². The Labute approximate surface area is 177 Å². The maximum atomic E-state index is 12.8. The number of aryl methyl sites for hydroxylation is 1. The molecular formula is C24H29N3O3. The molecule has 30 heavy (non-hydrogen) atoms. The van der Waals surface area contributed by atoms with Crippen molar-refractivity contribution in [3.8, 4) is 0 Å². The van der Waals surface area contributed by atoms with Crippen molar-refractivity contribution in [3.05, 3.63) is 42.0 Å². The first-order chi connectivity index (χ1) is 14.4. The van der Waals surface area contributed by atoms with E-state index in [1.54, 1.807) is 0 Å². The molecule has 1 saturated carbocycles. The normalized spacial score (nSPS) is 32.3. The van der Waals surface area contributed by atoms with Crippen LogP contribution in [-0.4, -0.2) is 59.7 Å². The topological polar surface area (TPSA) is 60.9 Å². The quantitative estimate of drug-likeness (QED) is 0.567. The lowest BCUT2D eigenvalue weighted by atomic mass is 9.85. The van der Waals surface area contributed by atoms with E-state index in [1.165, 1.54) is 16.2 Å². The van der Waals surface area contributed by atoms with Gasteiger partial charge in [0, 0.05) is 44.3 Å². The van der Waals surface area contributed by atoms with E-state index in [9.17, 15) is 14.4 Å². The number of nitrogens with zero attached hydrogens (tertiary/aromatic N) is 3. The number of likely N-dealkylation sites (tertiary alicyclic amines) is 1. The molecule has 158 valence electrons. The Bertz CT molecular complexity index is 879. The van der Waals surface area contributed by atoms with Gasteiger partial charge in [0.1, 0.15) is 0 Å². The Morgan fingerprint density at radius 3 is 2.23 bits per heavy atom. The van der Waals surface area contributed by atoms with Crippen molar-refractivity contribution >= 4 is 23.4 Å². The number of hydrogen-bond donors (Lipinski definition) is 0. The van der Waals surface area contributed by atoms with Crippen LogP contribution in [0.25, 0.3) is 0 Å². The van der Waals surface area contributed by atoms with E-state index in [2.05, 4.69) is 55.2 Å². The predicted octanol–water partition coefficient (Wildman–Crippen LogP) is 2.23. The predicted molar refractivity (Wildman–Crippen MR) is 114 cm³/mol. The molecule has 0 radical (unpaired) electrons. The van der Waals surface area contributed by atoms with Gasteiger partial charge in [-0.1, -0.05) is 29.8 Å². The summed E-state index contributed by atoms with van der Waals surface area (Å²) in [4.78, 5) is 44.0. The number of allylic oxidation sites excluding steroid dienone is 2. The zero-order valence-corrected chi connectivity index (χ0v) is 17.7. The number of hydrogen-bond acceptors (Lipinski definition) is 4. The number of carbonyl (C=O) groups is 3. The molecule has 1 aromatic carbocycles. The van der Waals surface area contributed by atoms with Crippen LogP contribution in [-0.2, 0) is 14.4 Å². The number of anilines is 1. The summed E-state index contributed by atoms with van der Waals surface area (Å²) in [5.41, 5.74) is 2.42. The van der Waals surface area contributed by atoms with Crippen LogP contribution < -0.4 is 4.90 Å². The average Bonchev–Trinajstić information content (AvgIpc) is 3.41. The minimum atomic E-state index is -0.180. The van der Waals surface area contributed by atoms with Gasteiger partial charge in [0.2, 0.25) is 17.7 Å². The Balaban J connectivity index is 1.17. The SMILES string of the molecule is Cc1ccc(N2CCN(C(=O)CCN3C(=O)[C@@H]4[C@H](C3=O)[C@H]3C=C[C@H]4C3)C[C@@H]2C)cc1. The highest BCUT2D eigenvalue weighted by Gasteiger charge is 2.59. The molecule has 2 aliphatic carbocycles. The molecule has 4 aliphatic rings. The first-order valence-electron chi connectivity index (χ1n) is 11.1. The van der Waals surface area contributed by atoms with Crippen molar-refractivity contribution in [1.29, 1.82) is 0 Å². The van der Waals surface area contributed by atoms with Crippen molar-refractivity contribution in [3.63, 3.8) is 0 Å². The highest BCUT2D eigenvalue weighted by Crippen LogP contribution is 2.52. The minimum absolute atomic E-state index is 0.0316. The largest absolute Gasteiger partial charge is 0.365 e. The molecule has 0 aromatic heterocycles. The average molecular weight is 408 g/mol. The molecule has 0 spiro atoms. The van der Waals surface area contributed by atoms with Crippen molar-refractivity contribution in [2.45, 2.75) is 32.7 Å². The number of fused-ring (bicyclic) bond motifs is 5. The lowest BCUT2D eigenvalue weighted by Gasteiger charge is -2.41. The molecule has 2 heterocycles. The van der Waals surface area contributed by atoms with Crippen LogP contribution in [0.3, 0.4) is 0 Å². The van der Waals surface area contributed by atoms with Gasteiger partial charge in [-0.15, -0.1) is 0 Å². The Morgan fingerprint density at radius 1 is 1.00 bits per heavy atom. The van der Waals surface area contributed by atoms with Crippen molar-refractivity contribution in [1.82, 2.24) is 9.80 Å². The third-order valence-corrected chi connectivity index (χ3v) is 7.46. The van der Waals surface area contributed by atoms with E-state index in [-0.39, 0.29) is 60.4 Å². The number of carbonyl (C=O) groups excluding carboxylic acids is 3. The van der Waals surface area contributed by atoms with Crippen LogP contribution >= 0.6 is 0 Å². The molecule has 0 unspecified atom stereocenters. The number of imide groups is 1. The number of amides is 3. The zero-order chi connectivity index (χ0) is 21.0. The second kappa shape index (κ2) is 7.25. The van der Waals surface area contributed by atoms with Gasteiger partial charge in [-0.3, -0.25) is 19.3 Å². The van der Waals surface area contributed by atoms with Gasteiger partial charge in [0.05, 0.1) is 11.8 Å². The molecule has 5 atom stereocenters. The van der Waals surface area contributed by atoms with E-state index < -0.39 is 0 Å². The van der Waals surface area contributed by atoms with Crippen molar-refractivity contribution in [2.24, 2.45) is 23.7 Å². The summed E-state index contributed by atoms with van der Waals surface area (Å²) in [7, 11) is 0. The summed E-state index contributed by atoms with van der Waals surface area (Å²) in [6.45, 7) is 6.54. The molecule has 0 N–H and O–H groups in total. The van der Waals surface area contributed by atoms with Crippen molar-refractivity contribution < 1.29 is 14.4 Å². The zero-order valence-electron chi connectivity index (χ0n) is 17.7.